The second kappa shape index (κ2) is 3.49. The van der Waals surface area contributed by atoms with Gasteiger partial charge < -0.3 is 0 Å². The predicted molar refractivity (Wildman–Crippen MR) is 61.3 cm³/mol. The Morgan fingerprint density at radius 3 is 2.64 bits per heavy atom. The van der Waals surface area contributed by atoms with Crippen LogP contribution in [0.15, 0.2) is 23.3 Å². The Bertz CT molecular complexity index is 413. The zero-order chi connectivity index (χ0) is 10.2. The first-order valence-corrected chi connectivity index (χ1v) is 9.88. The molecule has 0 bridgehead atoms. The molecule has 2 aromatic rings. The number of hydrogen-bond donors (Lipinski definition) is 0. The van der Waals surface area contributed by atoms with Crippen LogP contribution in [0.3, 0.4) is 0 Å². The first-order valence-electron chi connectivity index (χ1n) is 4.54. The summed E-state index contributed by atoms with van der Waals surface area (Å²) in [7, 11) is -1.30. The van der Waals surface area contributed by atoms with Gasteiger partial charge in [0.25, 0.3) is 0 Å². The fourth-order valence-corrected chi connectivity index (χ4v) is 3.34. The van der Waals surface area contributed by atoms with Gasteiger partial charge in [-0.2, -0.15) is 0 Å². The molecule has 0 radical (unpaired) electrons. The molecular formula is C9H13N3SeSi. The van der Waals surface area contributed by atoms with Gasteiger partial charge >= 0.3 is 90.4 Å². The monoisotopic (exact) mass is 271 g/mol. The van der Waals surface area contributed by atoms with E-state index < -0.39 is 8.07 Å². The van der Waals surface area contributed by atoms with E-state index in [0.717, 1.165) is 0 Å². The second-order valence-corrected chi connectivity index (χ2v) is 11.2. The van der Waals surface area contributed by atoms with E-state index >= 15 is 0 Å². The number of aromatic nitrogens is 3. The molecule has 0 fully saturated rings. The van der Waals surface area contributed by atoms with E-state index in [9.17, 15) is 0 Å². The minimum atomic E-state index is -1.30. The molecule has 3 nitrogen and oxygen atoms in total. The molecule has 2 heterocycles. The summed E-state index contributed by atoms with van der Waals surface area (Å²) in [6, 6.07) is 4.20. The number of rotatable bonds is 2. The van der Waals surface area contributed by atoms with Crippen molar-refractivity contribution in [3.63, 3.8) is 0 Å². The van der Waals surface area contributed by atoms with Crippen LogP contribution in [0.2, 0.25) is 19.6 Å². The van der Waals surface area contributed by atoms with Crippen LogP contribution in [-0.4, -0.2) is 37.6 Å². The van der Waals surface area contributed by atoms with Gasteiger partial charge in [-0.05, 0) is 0 Å². The molecule has 5 heteroatoms. The molecule has 0 atom stereocenters. The summed E-state index contributed by atoms with van der Waals surface area (Å²) in [5.41, 5.74) is 0. The molecule has 0 saturated heterocycles. The van der Waals surface area contributed by atoms with Gasteiger partial charge in [0.1, 0.15) is 0 Å². The van der Waals surface area contributed by atoms with Crippen LogP contribution in [0.5, 0.6) is 0 Å². The standard InChI is InChI=1S/C9H13N3SeSi/c1-14(2,3)8-7-12(11-10-8)9-5-4-6-13-9/h4-7H,1-3H3. The van der Waals surface area contributed by atoms with Crippen LogP contribution in [-0.2, 0) is 0 Å². The van der Waals surface area contributed by atoms with E-state index in [-0.39, 0.29) is 0 Å². The summed E-state index contributed by atoms with van der Waals surface area (Å²) in [5.74, 6) is 0. The van der Waals surface area contributed by atoms with Gasteiger partial charge in [0.15, 0.2) is 0 Å². The zero-order valence-electron chi connectivity index (χ0n) is 8.56. The van der Waals surface area contributed by atoms with Crippen molar-refractivity contribution in [3.8, 4) is 4.56 Å². The molecule has 0 aliphatic carbocycles. The first-order chi connectivity index (χ1) is 6.57. The fourth-order valence-electron chi connectivity index (χ4n) is 1.12. The Balaban J connectivity index is 2.36. The van der Waals surface area contributed by atoms with Crippen molar-refractivity contribution < 1.29 is 0 Å². The molecule has 0 amide bonds. The summed E-state index contributed by atoms with van der Waals surface area (Å²) in [6.07, 6.45) is 2.09. The third-order valence-corrected chi connectivity index (χ3v) is 5.56. The van der Waals surface area contributed by atoms with E-state index in [1.54, 1.807) is 0 Å². The van der Waals surface area contributed by atoms with E-state index in [1.807, 2.05) is 4.68 Å². The fraction of sp³-hybridized carbons (Fsp3) is 0.333. The van der Waals surface area contributed by atoms with Gasteiger partial charge in [0, 0.05) is 0 Å². The van der Waals surface area contributed by atoms with Gasteiger partial charge in [0.05, 0.1) is 0 Å². The summed E-state index contributed by atoms with van der Waals surface area (Å²) < 4.78 is 3.20. The van der Waals surface area contributed by atoms with Crippen LogP contribution in [0.25, 0.3) is 4.56 Å². The van der Waals surface area contributed by atoms with Crippen LogP contribution in [0.4, 0.5) is 0 Å². The van der Waals surface area contributed by atoms with Crippen molar-refractivity contribution in [3.05, 3.63) is 23.3 Å². The predicted octanol–water partition coefficient (Wildman–Crippen LogP) is 0.869. The van der Waals surface area contributed by atoms with Crippen LogP contribution in [0.1, 0.15) is 0 Å². The van der Waals surface area contributed by atoms with Crippen molar-refractivity contribution in [1.29, 1.82) is 0 Å². The molecule has 2 aromatic heterocycles. The molecule has 0 aliphatic rings. The molecule has 0 unspecified atom stereocenters. The average Bonchev–Trinajstić information content (AvgIpc) is 2.73. The molecule has 0 aromatic carbocycles. The SMILES string of the molecule is C[Si](C)(C)c1cn(-c2ccc[se]2)nn1. The molecular weight excluding hydrogens is 257 g/mol. The molecule has 74 valence electrons. The maximum absolute atomic E-state index is 4.25. The molecule has 14 heavy (non-hydrogen) atoms. The van der Waals surface area contributed by atoms with Gasteiger partial charge in [-0.15, -0.1) is 0 Å². The topological polar surface area (TPSA) is 30.7 Å². The molecule has 0 N–H and O–H groups in total. The van der Waals surface area contributed by atoms with Crippen molar-refractivity contribution in [2.45, 2.75) is 19.6 Å². The summed E-state index contributed by atoms with van der Waals surface area (Å²) in [6.45, 7) is 6.86. The summed E-state index contributed by atoms with van der Waals surface area (Å²) in [5, 5.41) is 9.60. The minimum absolute atomic E-state index is 0.435. The van der Waals surface area contributed by atoms with Gasteiger partial charge in [0.2, 0.25) is 0 Å². The van der Waals surface area contributed by atoms with E-state index in [4.69, 9.17) is 0 Å². The quantitative estimate of drug-likeness (QED) is 0.758. The van der Waals surface area contributed by atoms with Gasteiger partial charge in [-0.3, -0.25) is 0 Å². The van der Waals surface area contributed by atoms with Crippen molar-refractivity contribution in [2.75, 3.05) is 0 Å². The first kappa shape index (κ1) is 9.89. The Morgan fingerprint density at radius 1 is 1.36 bits per heavy atom. The van der Waals surface area contributed by atoms with Crippen LogP contribution >= 0.6 is 0 Å². The molecule has 0 saturated carbocycles. The van der Waals surface area contributed by atoms with Crippen LogP contribution < -0.4 is 5.32 Å². The van der Waals surface area contributed by atoms with Gasteiger partial charge in [-0.25, -0.2) is 0 Å². The summed E-state index contributed by atoms with van der Waals surface area (Å²) >= 11 is 0.435. The van der Waals surface area contributed by atoms with E-state index in [2.05, 4.69) is 53.2 Å². The normalized spacial score (nSPS) is 11.9. The molecule has 0 aliphatic heterocycles. The van der Waals surface area contributed by atoms with Gasteiger partial charge in [-0.1, -0.05) is 0 Å². The second-order valence-electron chi connectivity index (χ2n) is 4.25. The Morgan fingerprint density at radius 2 is 2.14 bits per heavy atom. The summed E-state index contributed by atoms with van der Waals surface area (Å²) in [4.78, 5) is 2.19. The van der Waals surface area contributed by atoms with E-state index in [1.165, 1.54) is 9.88 Å². The molecule has 0 spiro atoms. The maximum atomic E-state index is 4.25. The Labute approximate surface area is 90.5 Å². The average molecular weight is 270 g/mol. The Hall–Kier alpha value is -0.644. The third-order valence-electron chi connectivity index (χ3n) is 1.99. The zero-order valence-corrected chi connectivity index (χ0v) is 11.3. The Kier molecular flexibility index (Phi) is 2.47. The van der Waals surface area contributed by atoms with Crippen molar-refractivity contribution in [1.82, 2.24) is 15.0 Å². The molecule has 2 rings (SSSR count). The number of nitrogens with zero attached hydrogens (tertiary/aromatic N) is 3. The van der Waals surface area contributed by atoms with Crippen molar-refractivity contribution in [2.24, 2.45) is 0 Å². The van der Waals surface area contributed by atoms with E-state index in [0.29, 0.717) is 14.5 Å². The third kappa shape index (κ3) is 1.89. The van der Waals surface area contributed by atoms with Crippen molar-refractivity contribution >= 4 is 27.9 Å². The van der Waals surface area contributed by atoms with Crippen LogP contribution in [0, 0.1) is 0 Å². The number of hydrogen-bond acceptors (Lipinski definition) is 2.